The maximum absolute atomic E-state index is 12.4. The molecule has 1 aliphatic heterocycles. The molecule has 20 heavy (non-hydrogen) atoms. The lowest BCUT2D eigenvalue weighted by Crippen LogP contribution is -2.50. The Hall–Kier alpha value is -2.02. The molecule has 0 bridgehead atoms. The number of carbonyl (C=O) groups excluding carboxylic acids is 2. The Labute approximate surface area is 119 Å². The van der Waals surface area contributed by atoms with Gasteiger partial charge in [0.1, 0.15) is 6.04 Å². The maximum atomic E-state index is 12.4. The van der Waals surface area contributed by atoms with Crippen molar-refractivity contribution in [3.8, 4) is 0 Å². The second-order valence-electron chi connectivity index (χ2n) is 4.37. The number of rotatable bonds is 3. The van der Waals surface area contributed by atoms with Crippen molar-refractivity contribution in [2.24, 2.45) is 5.73 Å². The Kier molecular flexibility index (Phi) is 4.29. The van der Waals surface area contributed by atoms with Gasteiger partial charge in [0.05, 0.1) is 0 Å². The van der Waals surface area contributed by atoms with Crippen molar-refractivity contribution >= 4 is 29.5 Å². The minimum absolute atomic E-state index is 0.231. The van der Waals surface area contributed by atoms with E-state index in [0.29, 0.717) is 18.1 Å². The van der Waals surface area contributed by atoms with E-state index < -0.39 is 17.9 Å². The lowest BCUT2D eigenvalue weighted by atomic mass is 10.1. The molecule has 7 heteroatoms. The van der Waals surface area contributed by atoms with Crippen LogP contribution in [0.15, 0.2) is 24.3 Å². The van der Waals surface area contributed by atoms with Crippen LogP contribution in [0.25, 0.3) is 0 Å². The highest BCUT2D eigenvalue weighted by molar-refractivity contribution is 7.99. The van der Waals surface area contributed by atoms with Crippen LogP contribution in [0.4, 0.5) is 0 Å². The van der Waals surface area contributed by atoms with E-state index in [4.69, 9.17) is 10.8 Å². The van der Waals surface area contributed by atoms with Gasteiger partial charge in [-0.2, -0.15) is 11.8 Å². The van der Waals surface area contributed by atoms with E-state index >= 15 is 0 Å². The van der Waals surface area contributed by atoms with Gasteiger partial charge in [-0.3, -0.25) is 9.59 Å². The fourth-order valence-corrected chi connectivity index (χ4v) is 3.06. The molecular weight excluding hydrogens is 280 g/mol. The van der Waals surface area contributed by atoms with Gasteiger partial charge in [-0.05, 0) is 18.2 Å². The van der Waals surface area contributed by atoms with Crippen LogP contribution in [-0.2, 0) is 4.79 Å². The predicted molar refractivity (Wildman–Crippen MR) is 74.7 cm³/mol. The summed E-state index contributed by atoms with van der Waals surface area (Å²) in [5.41, 5.74) is 5.68. The van der Waals surface area contributed by atoms with Crippen molar-refractivity contribution in [1.82, 2.24) is 4.90 Å². The van der Waals surface area contributed by atoms with E-state index in [-0.39, 0.29) is 17.0 Å². The zero-order valence-electron chi connectivity index (χ0n) is 10.6. The summed E-state index contributed by atoms with van der Waals surface area (Å²) in [4.78, 5) is 36.0. The summed E-state index contributed by atoms with van der Waals surface area (Å²) in [5, 5.41) is 9.17. The first kappa shape index (κ1) is 14.4. The minimum Gasteiger partial charge on any atom is -0.480 e. The number of amides is 2. The number of hydrogen-bond acceptors (Lipinski definition) is 4. The minimum atomic E-state index is -1.02. The number of carbonyl (C=O) groups is 3. The number of benzene rings is 1. The molecule has 0 aromatic heterocycles. The summed E-state index contributed by atoms with van der Waals surface area (Å²) >= 11 is 1.51. The molecule has 3 N–H and O–H groups in total. The second kappa shape index (κ2) is 5.96. The van der Waals surface area contributed by atoms with E-state index in [9.17, 15) is 14.4 Å². The summed E-state index contributed by atoms with van der Waals surface area (Å²) in [7, 11) is 0. The summed E-state index contributed by atoms with van der Waals surface area (Å²) in [6, 6.07) is 5.18. The number of carboxylic acids is 1. The predicted octanol–water partition coefficient (Wildman–Crippen LogP) is 0.428. The Morgan fingerprint density at radius 3 is 2.65 bits per heavy atom. The molecule has 2 amide bonds. The molecule has 0 saturated carbocycles. The number of primary amides is 1. The van der Waals surface area contributed by atoms with Gasteiger partial charge in [0.2, 0.25) is 5.91 Å². The molecule has 0 spiro atoms. The molecule has 1 heterocycles. The molecule has 1 aliphatic rings. The van der Waals surface area contributed by atoms with Crippen molar-refractivity contribution in [3.05, 3.63) is 35.4 Å². The lowest BCUT2D eigenvalue weighted by molar-refractivity contribution is -0.141. The third kappa shape index (κ3) is 2.93. The van der Waals surface area contributed by atoms with Crippen molar-refractivity contribution in [1.29, 1.82) is 0 Å². The summed E-state index contributed by atoms with van der Waals surface area (Å²) in [6.45, 7) is 0.376. The first-order valence-corrected chi connectivity index (χ1v) is 7.17. The standard InChI is InChI=1S/C13H14N2O4S/c14-11(16)8-2-1-3-9(6-8)12(17)15-4-5-20-7-10(15)13(18)19/h1-3,6,10H,4-5,7H2,(H2,14,16)(H,18,19). The van der Waals surface area contributed by atoms with Crippen LogP contribution in [0.5, 0.6) is 0 Å². The third-order valence-electron chi connectivity index (χ3n) is 3.07. The zero-order chi connectivity index (χ0) is 14.7. The molecule has 1 atom stereocenters. The highest BCUT2D eigenvalue weighted by Crippen LogP contribution is 2.19. The fraction of sp³-hybridized carbons (Fsp3) is 0.308. The molecular formula is C13H14N2O4S. The van der Waals surface area contributed by atoms with Crippen LogP contribution in [-0.4, -0.2) is 51.9 Å². The van der Waals surface area contributed by atoms with E-state index in [0.717, 1.165) is 0 Å². The highest BCUT2D eigenvalue weighted by atomic mass is 32.2. The molecule has 106 valence electrons. The van der Waals surface area contributed by atoms with Crippen molar-refractivity contribution < 1.29 is 19.5 Å². The van der Waals surface area contributed by atoms with Gasteiger partial charge in [0.25, 0.3) is 5.91 Å². The van der Waals surface area contributed by atoms with E-state index in [1.165, 1.54) is 28.8 Å². The van der Waals surface area contributed by atoms with Crippen LogP contribution in [0.2, 0.25) is 0 Å². The van der Waals surface area contributed by atoms with Crippen LogP contribution in [0.1, 0.15) is 20.7 Å². The summed E-state index contributed by atoms with van der Waals surface area (Å²) in [6.07, 6.45) is 0. The smallest absolute Gasteiger partial charge is 0.327 e. The van der Waals surface area contributed by atoms with Gasteiger partial charge in [-0.15, -0.1) is 0 Å². The first-order chi connectivity index (χ1) is 9.50. The van der Waals surface area contributed by atoms with Crippen molar-refractivity contribution in [2.45, 2.75) is 6.04 Å². The van der Waals surface area contributed by atoms with Crippen LogP contribution in [0, 0.1) is 0 Å². The van der Waals surface area contributed by atoms with E-state index in [1.807, 2.05) is 0 Å². The Bertz CT molecular complexity index is 561. The van der Waals surface area contributed by atoms with Gasteiger partial charge < -0.3 is 15.7 Å². The van der Waals surface area contributed by atoms with Gasteiger partial charge in [0.15, 0.2) is 0 Å². The topological polar surface area (TPSA) is 101 Å². The number of aliphatic carboxylic acids is 1. The molecule has 0 radical (unpaired) electrons. The average molecular weight is 294 g/mol. The SMILES string of the molecule is NC(=O)c1cccc(C(=O)N2CCSCC2C(=O)O)c1. The average Bonchev–Trinajstić information content (AvgIpc) is 2.46. The molecule has 1 saturated heterocycles. The first-order valence-electron chi connectivity index (χ1n) is 6.02. The molecule has 1 unspecified atom stereocenters. The number of nitrogens with two attached hydrogens (primary N) is 1. The number of thioether (sulfide) groups is 1. The zero-order valence-corrected chi connectivity index (χ0v) is 11.4. The molecule has 1 aromatic rings. The van der Waals surface area contributed by atoms with Gasteiger partial charge >= 0.3 is 5.97 Å². The largest absolute Gasteiger partial charge is 0.480 e. The van der Waals surface area contributed by atoms with Crippen LogP contribution in [0.3, 0.4) is 0 Å². The van der Waals surface area contributed by atoms with Gasteiger partial charge in [0, 0.05) is 29.2 Å². The van der Waals surface area contributed by atoms with Crippen LogP contribution >= 0.6 is 11.8 Å². The number of hydrogen-bond donors (Lipinski definition) is 2. The molecule has 2 rings (SSSR count). The van der Waals surface area contributed by atoms with Crippen LogP contribution < -0.4 is 5.73 Å². The summed E-state index contributed by atoms with van der Waals surface area (Å²) in [5.74, 6) is -0.956. The van der Waals surface area contributed by atoms with Gasteiger partial charge in [-0.1, -0.05) is 6.07 Å². The maximum Gasteiger partial charge on any atom is 0.327 e. The molecule has 1 fully saturated rings. The van der Waals surface area contributed by atoms with Gasteiger partial charge in [-0.25, -0.2) is 4.79 Å². The van der Waals surface area contributed by atoms with Crippen molar-refractivity contribution in [3.63, 3.8) is 0 Å². The molecule has 1 aromatic carbocycles. The monoisotopic (exact) mass is 294 g/mol. The quantitative estimate of drug-likeness (QED) is 0.842. The second-order valence-corrected chi connectivity index (χ2v) is 5.52. The Balaban J connectivity index is 2.27. The van der Waals surface area contributed by atoms with Crippen molar-refractivity contribution in [2.75, 3.05) is 18.1 Å². The highest BCUT2D eigenvalue weighted by Gasteiger charge is 2.32. The molecule has 0 aliphatic carbocycles. The van der Waals surface area contributed by atoms with E-state index in [2.05, 4.69) is 0 Å². The lowest BCUT2D eigenvalue weighted by Gasteiger charge is -2.32. The summed E-state index contributed by atoms with van der Waals surface area (Å²) < 4.78 is 0. The number of nitrogens with zero attached hydrogens (tertiary/aromatic N) is 1. The number of carboxylic acid groups (broad SMARTS) is 1. The Morgan fingerprint density at radius 2 is 2.00 bits per heavy atom. The fourth-order valence-electron chi connectivity index (χ4n) is 2.02. The third-order valence-corrected chi connectivity index (χ3v) is 4.09. The molecule has 6 nitrogen and oxygen atoms in total. The van der Waals surface area contributed by atoms with E-state index in [1.54, 1.807) is 12.1 Å². The normalized spacial score (nSPS) is 18.6. The Morgan fingerprint density at radius 1 is 1.30 bits per heavy atom.